The zero-order valence-electron chi connectivity index (χ0n) is 19.5. The second kappa shape index (κ2) is 14.0. The number of carboxylic acid groups (broad SMARTS) is 2. The van der Waals surface area contributed by atoms with Gasteiger partial charge in [0.05, 0.1) is 19.2 Å². The molecule has 0 saturated heterocycles. The van der Waals surface area contributed by atoms with Crippen molar-refractivity contribution in [2.45, 2.75) is 98.1 Å². The van der Waals surface area contributed by atoms with Gasteiger partial charge in [0.25, 0.3) is 0 Å². The Morgan fingerprint density at radius 3 is 1.47 bits per heavy atom. The number of hydrogen-bond donors (Lipinski definition) is 0. The lowest BCUT2D eigenvalue weighted by Crippen LogP contribution is -2.70. The van der Waals surface area contributed by atoms with E-state index in [0.29, 0.717) is 12.8 Å². The molecule has 0 heterocycles. The quantitative estimate of drug-likeness (QED) is 0.224. The Hall–Kier alpha value is -1.22. The van der Waals surface area contributed by atoms with Gasteiger partial charge in [0.2, 0.25) is 0 Å². The van der Waals surface area contributed by atoms with Crippen LogP contribution in [0.5, 0.6) is 0 Å². The van der Waals surface area contributed by atoms with Gasteiger partial charge in [-0.05, 0) is 59.8 Å². The molecule has 0 aromatic heterocycles. The minimum atomic E-state index is -1.93. The van der Waals surface area contributed by atoms with Gasteiger partial charge in [-0.1, -0.05) is 26.7 Å². The molecule has 0 amide bonds. The van der Waals surface area contributed by atoms with Crippen molar-refractivity contribution in [3.8, 4) is 0 Å². The highest BCUT2D eigenvalue weighted by Gasteiger charge is 2.64. The second-order valence-electron chi connectivity index (χ2n) is 7.58. The zero-order valence-corrected chi connectivity index (χ0v) is 19.5. The highest BCUT2D eigenvalue weighted by molar-refractivity contribution is 5.75. The summed E-state index contributed by atoms with van der Waals surface area (Å²) in [6.07, 6.45) is 2.65. The number of carbonyl (C=O) groups excluding carboxylic acids is 2. The average molecular weight is 433 g/mol. The summed E-state index contributed by atoms with van der Waals surface area (Å²) >= 11 is 0. The normalized spacial score (nSPS) is 17.7. The summed E-state index contributed by atoms with van der Waals surface area (Å²) in [5, 5.41) is 23.8. The number of hydrogen-bond acceptors (Lipinski definition) is 8. The van der Waals surface area contributed by atoms with E-state index in [9.17, 15) is 19.8 Å². The van der Waals surface area contributed by atoms with Gasteiger partial charge in [-0.15, -0.1) is 0 Å². The number of rotatable bonds is 19. The zero-order chi connectivity index (χ0) is 23.3. The van der Waals surface area contributed by atoms with Crippen LogP contribution in [0.2, 0.25) is 0 Å². The number of aliphatic carboxylic acids is 2. The van der Waals surface area contributed by atoms with Gasteiger partial charge < -0.3 is 38.7 Å². The fourth-order valence-corrected chi connectivity index (χ4v) is 3.79. The maximum absolute atomic E-state index is 12.8. The van der Waals surface area contributed by atoms with Crippen LogP contribution in [0.15, 0.2) is 0 Å². The molecular weight excluding hydrogens is 392 g/mol. The van der Waals surface area contributed by atoms with Crippen molar-refractivity contribution in [3.05, 3.63) is 0 Å². The molecule has 0 bridgehead atoms. The van der Waals surface area contributed by atoms with Gasteiger partial charge in [0, 0.05) is 19.2 Å². The van der Waals surface area contributed by atoms with Crippen molar-refractivity contribution in [2.24, 2.45) is 5.41 Å². The summed E-state index contributed by atoms with van der Waals surface area (Å²) in [5.74, 6) is -6.08. The summed E-state index contributed by atoms with van der Waals surface area (Å²) < 4.78 is 23.8. The molecule has 0 fully saturated rings. The predicted octanol–water partition coefficient (Wildman–Crippen LogP) is 1.78. The molecule has 30 heavy (non-hydrogen) atoms. The van der Waals surface area contributed by atoms with E-state index in [2.05, 4.69) is 0 Å². The number of carboxylic acids is 2. The highest BCUT2D eigenvalue weighted by Crippen LogP contribution is 2.51. The van der Waals surface area contributed by atoms with Crippen LogP contribution in [0, 0.1) is 5.41 Å². The molecule has 0 rings (SSSR count). The minimum absolute atomic E-state index is 0.00984. The minimum Gasteiger partial charge on any atom is -0.550 e. The molecule has 0 aromatic rings. The molecule has 0 aromatic carbocycles. The lowest BCUT2D eigenvalue weighted by Gasteiger charge is -2.56. The van der Waals surface area contributed by atoms with Gasteiger partial charge in [-0.2, -0.15) is 0 Å². The summed E-state index contributed by atoms with van der Waals surface area (Å²) in [6, 6.07) is 0. The van der Waals surface area contributed by atoms with E-state index >= 15 is 0 Å². The maximum atomic E-state index is 12.8. The number of ether oxygens (including phenoxy) is 4. The van der Waals surface area contributed by atoms with Crippen molar-refractivity contribution in [2.75, 3.05) is 26.4 Å². The first kappa shape index (κ1) is 28.8. The lowest BCUT2D eigenvalue weighted by molar-refractivity contribution is -0.413. The monoisotopic (exact) mass is 432 g/mol. The van der Waals surface area contributed by atoms with Crippen molar-refractivity contribution in [1.29, 1.82) is 0 Å². The molecule has 0 aliphatic heterocycles. The molecule has 178 valence electrons. The summed E-state index contributed by atoms with van der Waals surface area (Å²) in [6.45, 7) is 11.4. The largest absolute Gasteiger partial charge is 0.550 e. The molecule has 2 atom stereocenters. The van der Waals surface area contributed by atoms with E-state index in [4.69, 9.17) is 18.9 Å². The van der Waals surface area contributed by atoms with Crippen LogP contribution in [0.3, 0.4) is 0 Å². The van der Waals surface area contributed by atoms with Crippen molar-refractivity contribution >= 4 is 11.9 Å². The fraction of sp³-hybridized carbons (Fsp3) is 0.909. The molecule has 0 N–H and O–H groups in total. The Kier molecular flexibility index (Phi) is 13.4. The van der Waals surface area contributed by atoms with Gasteiger partial charge in [-0.3, -0.25) is 0 Å². The Bertz CT molecular complexity index is 483. The van der Waals surface area contributed by atoms with Gasteiger partial charge in [0.15, 0.2) is 11.6 Å². The van der Waals surface area contributed by atoms with E-state index in [1.807, 2.05) is 13.8 Å². The Labute approximate surface area is 181 Å². The van der Waals surface area contributed by atoms with Crippen LogP contribution in [-0.4, -0.2) is 49.9 Å². The first-order chi connectivity index (χ1) is 14.1. The van der Waals surface area contributed by atoms with E-state index in [-0.39, 0.29) is 45.7 Å². The maximum Gasteiger partial charge on any atom is 0.181 e. The van der Waals surface area contributed by atoms with Crippen LogP contribution in [-0.2, 0) is 28.5 Å². The topological polar surface area (TPSA) is 117 Å². The van der Waals surface area contributed by atoms with Gasteiger partial charge in [-0.25, -0.2) is 0 Å². The van der Waals surface area contributed by atoms with Crippen LogP contribution in [0.4, 0.5) is 0 Å². The van der Waals surface area contributed by atoms with Gasteiger partial charge >= 0.3 is 0 Å². The van der Waals surface area contributed by atoms with Crippen LogP contribution >= 0.6 is 0 Å². The number of unbranched alkanes of at least 4 members (excludes halogenated alkanes) is 2. The van der Waals surface area contributed by atoms with Crippen LogP contribution in [0.25, 0.3) is 0 Å². The first-order valence-electron chi connectivity index (χ1n) is 11.1. The Balaban J connectivity index is 6.49. The first-order valence-corrected chi connectivity index (χ1v) is 11.1. The van der Waals surface area contributed by atoms with Crippen LogP contribution < -0.4 is 10.2 Å². The molecule has 0 spiro atoms. The molecule has 0 aliphatic carbocycles. The van der Waals surface area contributed by atoms with Crippen molar-refractivity contribution < 1.29 is 38.7 Å². The molecule has 0 saturated carbocycles. The second-order valence-corrected chi connectivity index (χ2v) is 7.58. The predicted molar refractivity (Wildman–Crippen MR) is 108 cm³/mol. The van der Waals surface area contributed by atoms with Crippen molar-refractivity contribution in [1.82, 2.24) is 0 Å². The smallest absolute Gasteiger partial charge is 0.181 e. The summed E-state index contributed by atoms with van der Waals surface area (Å²) in [4.78, 5) is 23.8. The van der Waals surface area contributed by atoms with Gasteiger partial charge in [0.1, 0.15) is 5.41 Å². The third kappa shape index (κ3) is 7.18. The lowest BCUT2D eigenvalue weighted by atomic mass is 9.68. The molecule has 8 heteroatoms. The third-order valence-electron chi connectivity index (χ3n) is 5.42. The summed E-state index contributed by atoms with van der Waals surface area (Å²) in [7, 11) is 0. The molecule has 0 radical (unpaired) electrons. The van der Waals surface area contributed by atoms with Crippen molar-refractivity contribution in [3.63, 3.8) is 0 Å². The molecule has 2 unspecified atom stereocenters. The van der Waals surface area contributed by atoms with Crippen LogP contribution in [0.1, 0.15) is 86.5 Å². The van der Waals surface area contributed by atoms with E-state index in [0.717, 1.165) is 12.8 Å². The summed E-state index contributed by atoms with van der Waals surface area (Å²) in [5.41, 5.74) is -1.93. The fourth-order valence-electron chi connectivity index (χ4n) is 3.79. The standard InChI is InChI=1S/C22H42O8/c1-7-11-16-29-20(5,27-9-3)22(19(25)26,15-13-14-18(23)24)21(6,28-10-4)30-17-12-8-2/h7-17H2,1-6H3,(H,23,24)(H,25,26)/p-2. The number of carbonyl (C=O) groups is 2. The van der Waals surface area contributed by atoms with E-state index in [1.165, 1.54) is 0 Å². The SMILES string of the molecule is CCCCOC(C)(OCC)C(CCCC(=O)[O-])(C(=O)[O-])C(C)(OCC)OCCCC. The Morgan fingerprint density at radius 1 is 0.733 bits per heavy atom. The highest BCUT2D eigenvalue weighted by atomic mass is 16.7. The molecule has 0 aliphatic rings. The average Bonchev–Trinajstić information content (AvgIpc) is 2.65. The van der Waals surface area contributed by atoms with E-state index < -0.39 is 28.9 Å². The van der Waals surface area contributed by atoms with E-state index in [1.54, 1.807) is 27.7 Å². The Morgan fingerprint density at radius 2 is 1.17 bits per heavy atom. The molecular formula is C22H40O8-2. The molecule has 8 nitrogen and oxygen atoms in total. The third-order valence-corrected chi connectivity index (χ3v) is 5.42.